The summed E-state index contributed by atoms with van der Waals surface area (Å²) in [5, 5.41) is 1.79. The zero-order valence-corrected chi connectivity index (χ0v) is 10.9. The van der Waals surface area contributed by atoms with E-state index in [1.807, 2.05) is 0 Å². The number of halogens is 1. The van der Waals surface area contributed by atoms with Crippen molar-refractivity contribution < 1.29 is 14.3 Å². The Labute approximate surface area is 108 Å². The number of hydrogen-bond acceptors (Lipinski definition) is 4. The molecular formula is C11H12ClNO3S. The fraction of sp³-hybridized carbons (Fsp3) is 0.455. The molecule has 92 valence electrons. The molecule has 1 unspecified atom stereocenters. The van der Waals surface area contributed by atoms with Crippen molar-refractivity contribution in [2.75, 3.05) is 24.4 Å². The van der Waals surface area contributed by atoms with E-state index in [1.54, 1.807) is 16.3 Å². The average Bonchev–Trinajstić information content (AvgIpc) is 2.94. The van der Waals surface area contributed by atoms with Gasteiger partial charge in [0.2, 0.25) is 5.91 Å². The second kappa shape index (κ2) is 5.06. The molecule has 0 saturated carbocycles. The summed E-state index contributed by atoms with van der Waals surface area (Å²) in [5.74, 6) is 0.369. The number of nitrogens with zero attached hydrogens (tertiary/aromatic N) is 1. The lowest BCUT2D eigenvalue weighted by atomic mass is 10.1. The van der Waals surface area contributed by atoms with Crippen LogP contribution in [0.5, 0.6) is 0 Å². The number of carbonyl (C=O) groups is 2. The van der Waals surface area contributed by atoms with Crippen LogP contribution in [0.25, 0.3) is 0 Å². The van der Waals surface area contributed by atoms with Gasteiger partial charge in [-0.1, -0.05) is 0 Å². The van der Waals surface area contributed by atoms with Crippen molar-refractivity contribution >= 4 is 40.5 Å². The highest BCUT2D eigenvalue weighted by molar-refractivity contribution is 7.12. The van der Waals surface area contributed by atoms with Crippen LogP contribution in [0.2, 0.25) is 0 Å². The Balaban J connectivity index is 2.15. The van der Waals surface area contributed by atoms with Gasteiger partial charge in [0.15, 0.2) is 0 Å². The SMILES string of the molecule is COC(=O)c1cc(N2CC(CCl)CC2=O)cs1. The van der Waals surface area contributed by atoms with Gasteiger partial charge in [0.1, 0.15) is 4.88 Å². The van der Waals surface area contributed by atoms with Crippen molar-refractivity contribution in [2.24, 2.45) is 5.92 Å². The van der Waals surface area contributed by atoms with Gasteiger partial charge in [-0.3, -0.25) is 4.79 Å². The van der Waals surface area contributed by atoms with Crippen molar-refractivity contribution in [3.05, 3.63) is 16.3 Å². The molecule has 0 N–H and O–H groups in total. The smallest absolute Gasteiger partial charge is 0.348 e. The van der Waals surface area contributed by atoms with E-state index in [9.17, 15) is 9.59 Å². The number of hydrogen-bond donors (Lipinski definition) is 0. The lowest BCUT2D eigenvalue weighted by molar-refractivity contribution is -0.117. The predicted octanol–water partition coefficient (Wildman–Crippen LogP) is 2.13. The first-order valence-corrected chi connectivity index (χ1v) is 6.60. The molecule has 2 rings (SSSR count). The molecule has 0 aliphatic carbocycles. The van der Waals surface area contributed by atoms with Crippen LogP contribution < -0.4 is 4.90 Å². The van der Waals surface area contributed by atoms with Crippen molar-refractivity contribution in [1.29, 1.82) is 0 Å². The van der Waals surface area contributed by atoms with Gasteiger partial charge in [-0.15, -0.1) is 22.9 Å². The van der Waals surface area contributed by atoms with Gasteiger partial charge in [-0.05, 0) is 12.0 Å². The highest BCUT2D eigenvalue weighted by Gasteiger charge is 2.30. The third-order valence-electron chi connectivity index (χ3n) is 2.71. The summed E-state index contributed by atoms with van der Waals surface area (Å²) in [6, 6.07) is 1.69. The normalized spacial score (nSPS) is 19.8. The average molecular weight is 274 g/mol. The van der Waals surface area contributed by atoms with Crippen LogP contribution in [0.15, 0.2) is 11.4 Å². The summed E-state index contributed by atoms with van der Waals surface area (Å²) in [4.78, 5) is 25.2. The van der Waals surface area contributed by atoms with E-state index >= 15 is 0 Å². The summed E-state index contributed by atoms with van der Waals surface area (Å²) in [6.07, 6.45) is 0.479. The van der Waals surface area contributed by atoms with E-state index < -0.39 is 0 Å². The minimum Gasteiger partial charge on any atom is -0.465 e. The Morgan fingerprint density at radius 3 is 3.06 bits per heavy atom. The van der Waals surface area contributed by atoms with Crippen molar-refractivity contribution in [1.82, 2.24) is 0 Å². The molecule has 1 fully saturated rings. The fourth-order valence-corrected chi connectivity index (χ4v) is 2.83. The largest absolute Gasteiger partial charge is 0.465 e. The van der Waals surface area contributed by atoms with Crippen molar-refractivity contribution in [3.8, 4) is 0 Å². The van der Waals surface area contributed by atoms with E-state index in [-0.39, 0.29) is 17.8 Å². The quantitative estimate of drug-likeness (QED) is 0.626. The first kappa shape index (κ1) is 12.4. The predicted molar refractivity (Wildman–Crippen MR) is 66.8 cm³/mol. The Morgan fingerprint density at radius 2 is 2.47 bits per heavy atom. The van der Waals surface area contributed by atoms with Crippen LogP contribution in [0.3, 0.4) is 0 Å². The van der Waals surface area contributed by atoms with Gasteiger partial charge in [0.05, 0.1) is 12.8 Å². The van der Waals surface area contributed by atoms with Gasteiger partial charge >= 0.3 is 5.97 Å². The van der Waals surface area contributed by atoms with Crippen molar-refractivity contribution in [3.63, 3.8) is 0 Å². The summed E-state index contributed by atoms with van der Waals surface area (Å²) >= 11 is 7.03. The minimum atomic E-state index is -0.373. The third kappa shape index (κ3) is 2.45. The second-order valence-corrected chi connectivity index (χ2v) is 5.11. The molecule has 1 aromatic heterocycles. The molecule has 2 heterocycles. The Kier molecular flexibility index (Phi) is 3.69. The molecule has 1 amide bonds. The summed E-state index contributed by atoms with van der Waals surface area (Å²) in [7, 11) is 1.34. The monoisotopic (exact) mass is 273 g/mol. The zero-order chi connectivity index (χ0) is 12.4. The standard InChI is InChI=1S/C11H12ClNO3S/c1-16-11(15)9-3-8(6-17-9)13-5-7(4-12)2-10(13)14/h3,6-7H,2,4-5H2,1H3. The zero-order valence-electron chi connectivity index (χ0n) is 9.31. The molecule has 4 nitrogen and oxygen atoms in total. The van der Waals surface area contributed by atoms with E-state index in [0.29, 0.717) is 23.7 Å². The third-order valence-corrected chi connectivity index (χ3v) is 4.04. The highest BCUT2D eigenvalue weighted by atomic mass is 35.5. The van der Waals surface area contributed by atoms with Gasteiger partial charge in [0.25, 0.3) is 0 Å². The van der Waals surface area contributed by atoms with Crippen LogP contribution >= 0.6 is 22.9 Å². The molecule has 17 heavy (non-hydrogen) atoms. The Hall–Kier alpha value is -1.07. The number of anilines is 1. The maximum absolute atomic E-state index is 11.7. The van der Waals surface area contributed by atoms with Crippen LogP contribution in [0.1, 0.15) is 16.1 Å². The lowest BCUT2D eigenvalue weighted by Crippen LogP contribution is -2.24. The Morgan fingerprint density at radius 1 is 1.71 bits per heavy atom. The molecule has 0 bridgehead atoms. The number of alkyl halides is 1. The fourth-order valence-electron chi connectivity index (χ4n) is 1.81. The molecule has 1 atom stereocenters. The van der Waals surface area contributed by atoms with E-state index in [2.05, 4.69) is 4.74 Å². The van der Waals surface area contributed by atoms with Crippen LogP contribution in [-0.2, 0) is 9.53 Å². The first-order chi connectivity index (χ1) is 8.15. The molecule has 1 aromatic rings. The highest BCUT2D eigenvalue weighted by Crippen LogP contribution is 2.29. The number of thiophene rings is 1. The number of esters is 1. The van der Waals surface area contributed by atoms with Gasteiger partial charge in [-0.25, -0.2) is 4.79 Å². The van der Waals surface area contributed by atoms with Crippen LogP contribution in [0.4, 0.5) is 5.69 Å². The molecular weight excluding hydrogens is 262 g/mol. The molecule has 1 aliphatic rings. The lowest BCUT2D eigenvalue weighted by Gasteiger charge is -2.13. The molecule has 6 heteroatoms. The summed E-state index contributed by atoms with van der Waals surface area (Å²) < 4.78 is 4.63. The second-order valence-electron chi connectivity index (χ2n) is 3.89. The molecule has 0 aromatic carbocycles. The van der Waals surface area contributed by atoms with Gasteiger partial charge < -0.3 is 9.64 Å². The molecule has 1 aliphatic heterocycles. The summed E-state index contributed by atoms with van der Waals surface area (Å²) in [6.45, 7) is 0.625. The summed E-state index contributed by atoms with van der Waals surface area (Å²) in [5.41, 5.74) is 0.757. The van der Waals surface area contributed by atoms with Gasteiger partial charge in [-0.2, -0.15) is 0 Å². The molecule has 1 saturated heterocycles. The number of ether oxygens (including phenoxy) is 1. The van der Waals surface area contributed by atoms with E-state index in [4.69, 9.17) is 11.6 Å². The maximum atomic E-state index is 11.7. The van der Waals surface area contributed by atoms with Crippen LogP contribution in [0, 0.1) is 5.92 Å². The minimum absolute atomic E-state index is 0.0601. The Bertz CT molecular complexity index is 446. The van der Waals surface area contributed by atoms with Crippen LogP contribution in [-0.4, -0.2) is 31.4 Å². The maximum Gasteiger partial charge on any atom is 0.348 e. The number of rotatable bonds is 3. The van der Waals surface area contributed by atoms with E-state index in [1.165, 1.54) is 18.4 Å². The number of amides is 1. The van der Waals surface area contributed by atoms with E-state index in [0.717, 1.165) is 5.69 Å². The molecule has 0 radical (unpaired) electrons. The molecule has 0 spiro atoms. The first-order valence-electron chi connectivity index (χ1n) is 5.19. The van der Waals surface area contributed by atoms with Crippen molar-refractivity contribution in [2.45, 2.75) is 6.42 Å². The topological polar surface area (TPSA) is 46.6 Å². The van der Waals surface area contributed by atoms with Gasteiger partial charge in [0, 0.05) is 24.2 Å². The number of carbonyl (C=O) groups excluding carboxylic acids is 2. The number of methoxy groups -OCH3 is 1.